The van der Waals surface area contributed by atoms with Crippen LogP contribution in [0.3, 0.4) is 0 Å². The Balaban J connectivity index is 2.00. The average molecular weight is 195 g/mol. The number of aryl methyl sites for hydroxylation is 1. The van der Waals surface area contributed by atoms with E-state index in [4.69, 9.17) is 9.52 Å². The maximum absolute atomic E-state index is 9.16. The lowest BCUT2D eigenvalue weighted by Gasteiger charge is -2.21. The second-order valence-corrected chi connectivity index (χ2v) is 3.98. The van der Waals surface area contributed by atoms with E-state index in [-0.39, 0.29) is 6.61 Å². The van der Waals surface area contributed by atoms with E-state index in [0.717, 1.165) is 25.3 Å². The molecule has 14 heavy (non-hydrogen) atoms. The van der Waals surface area contributed by atoms with E-state index >= 15 is 0 Å². The van der Waals surface area contributed by atoms with E-state index in [9.17, 15) is 0 Å². The molecule has 0 amide bonds. The molecule has 1 atom stereocenters. The van der Waals surface area contributed by atoms with Crippen molar-refractivity contribution < 1.29 is 9.52 Å². The topological polar surface area (TPSA) is 36.6 Å². The number of furan rings is 1. The molecule has 0 bridgehead atoms. The summed E-state index contributed by atoms with van der Waals surface area (Å²) in [4.78, 5) is 2.30. The first-order valence-corrected chi connectivity index (χ1v) is 5.19. The third-order valence-corrected chi connectivity index (χ3v) is 3.02. The molecule has 1 saturated heterocycles. The highest BCUT2D eigenvalue weighted by Gasteiger charge is 2.24. The summed E-state index contributed by atoms with van der Waals surface area (Å²) in [5.74, 6) is 1.03. The standard InChI is InChI=1S/C11H17NO2/c1-9-4-6-14-11(9)7-12-5-2-3-10(12)8-13/h4,6,10,13H,2-3,5,7-8H2,1H3/t10-/m1/s1. The van der Waals surface area contributed by atoms with Crippen LogP contribution in [0.15, 0.2) is 16.7 Å². The van der Waals surface area contributed by atoms with Gasteiger partial charge in [-0.1, -0.05) is 0 Å². The van der Waals surface area contributed by atoms with Crippen molar-refractivity contribution in [3.8, 4) is 0 Å². The molecule has 78 valence electrons. The number of rotatable bonds is 3. The molecule has 0 unspecified atom stereocenters. The highest BCUT2D eigenvalue weighted by Crippen LogP contribution is 2.21. The number of hydrogen-bond donors (Lipinski definition) is 1. The molecule has 3 nitrogen and oxygen atoms in total. The van der Waals surface area contributed by atoms with Crippen molar-refractivity contribution in [1.82, 2.24) is 4.90 Å². The van der Waals surface area contributed by atoms with E-state index in [1.165, 1.54) is 12.0 Å². The number of hydrogen-bond acceptors (Lipinski definition) is 3. The van der Waals surface area contributed by atoms with Crippen LogP contribution in [0, 0.1) is 6.92 Å². The minimum atomic E-state index is 0.264. The SMILES string of the molecule is Cc1ccoc1CN1CCC[C@@H]1CO. The van der Waals surface area contributed by atoms with Crippen LogP contribution in [0.1, 0.15) is 24.2 Å². The number of aliphatic hydroxyl groups is 1. The minimum Gasteiger partial charge on any atom is -0.468 e. The fourth-order valence-corrected chi connectivity index (χ4v) is 2.06. The van der Waals surface area contributed by atoms with Gasteiger partial charge in [-0.2, -0.15) is 0 Å². The molecule has 3 heteroatoms. The van der Waals surface area contributed by atoms with Gasteiger partial charge in [0.25, 0.3) is 0 Å². The number of likely N-dealkylation sites (tertiary alicyclic amines) is 1. The van der Waals surface area contributed by atoms with Gasteiger partial charge in [-0.15, -0.1) is 0 Å². The summed E-state index contributed by atoms with van der Waals surface area (Å²) < 4.78 is 5.40. The van der Waals surface area contributed by atoms with Crippen LogP contribution < -0.4 is 0 Å². The normalized spacial score (nSPS) is 23.1. The molecule has 1 aromatic heterocycles. The van der Waals surface area contributed by atoms with Crippen LogP contribution in [0.2, 0.25) is 0 Å². The Morgan fingerprint density at radius 3 is 3.14 bits per heavy atom. The molecule has 1 aromatic rings. The highest BCUT2D eigenvalue weighted by molar-refractivity contribution is 5.14. The second-order valence-electron chi connectivity index (χ2n) is 3.98. The van der Waals surface area contributed by atoms with Gasteiger partial charge < -0.3 is 9.52 Å². The van der Waals surface area contributed by atoms with Crippen molar-refractivity contribution in [2.75, 3.05) is 13.2 Å². The summed E-state index contributed by atoms with van der Waals surface area (Å²) in [5, 5.41) is 9.16. The molecule has 0 radical (unpaired) electrons. The van der Waals surface area contributed by atoms with Gasteiger partial charge in [0.15, 0.2) is 0 Å². The molecule has 1 N–H and O–H groups in total. The van der Waals surface area contributed by atoms with Gasteiger partial charge in [0, 0.05) is 6.04 Å². The van der Waals surface area contributed by atoms with Crippen molar-refractivity contribution in [2.24, 2.45) is 0 Å². The van der Waals surface area contributed by atoms with Gasteiger partial charge in [0.2, 0.25) is 0 Å². The lowest BCUT2D eigenvalue weighted by atomic mass is 10.2. The zero-order chi connectivity index (χ0) is 9.97. The van der Waals surface area contributed by atoms with Gasteiger partial charge in [-0.05, 0) is 37.9 Å². The van der Waals surface area contributed by atoms with Gasteiger partial charge in [-0.3, -0.25) is 4.90 Å². The van der Waals surface area contributed by atoms with Crippen LogP contribution in [-0.2, 0) is 6.54 Å². The molecule has 1 fully saturated rings. The Bertz CT molecular complexity index is 295. The summed E-state index contributed by atoms with van der Waals surface area (Å²) in [5.41, 5.74) is 1.20. The molecule has 0 saturated carbocycles. The summed E-state index contributed by atoms with van der Waals surface area (Å²) in [6.45, 7) is 4.23. The summed E-state index contributed by atoms with van der Waals surface area (Å²) >= 11 is 0. The van der Waals surface area contributed by atoms with Crippen LogP contribution >= 0.6 is 0 Å². The van der Waals surface area contributed by atoms with Crippen LogP contribution in [0.4, 0.5) is 0 Å². The molecule has 1 aliphatic heterocycles. The Morgan fingerprint density at radius 2 is 2.50 bits per heavy atom. The Kier molecular flexibility index (Phi) is 2.89. The first-order chi connectivity index (χ1) is 6.81. The van der Waals surface area contributed by atoms with Crippen molar-refractivity contribution in [2.45, 2.75) is 32.4 Å². The van der Waals surface area contributed by atoms with Gasteiger partial charge in [-0.25, -0.2) is 0 Å². The molecule has 0 aromatic carbocycles. The molecule has 1 aliphatic rings. The molecule has 0 aliphatic carbocycles. The van der Waals surface area contributed by atoms with Crippen LogP contribution in [0.25, 0.3) is 0 Å². The fraction of sp³-hybridized carbons (Fsp3) is 0.636. The highest BCUT2D eigenvalue weighted by atomic mass is 16.3. The van der Waals surface area contributed by atoms with E-state index < -0.39 is 0 Å². The molecule has 2 heterocycles. The van der Waals surface area contributed by atoms with Crippen molar-refractivity contribution in [3.63, 3.8) is 0 Å². The zero-order valence-electron chi connectivity index (χ0n) is 8.57. The Labute approximate surface area is 84.3 Å². The first kappa shape index (κ1) is 9.74. The molecular formula is C11H17NO2. The average Bonchev–Trinajstić information content (AvgIpc) is 2.77. The monoisotopic (exact) mass is 195 g/mol. The van der Waals surface area contributed by atoms with Gasteiger partial charge in [0.05, 0.1) is 19.4 Å². The minimum absolute atomic E-state index is 0.264. The van der Waals surface area contributed by atoms with Gasteiger partial charge >= 0.3 is 0 Å². The van der Waals surface area contributed by atoms with E-state index in [2.05, 4.69) is 11.8 Å². The predicted octanol–water partition coefficient (Wildman–Crippen LogP) is 1.54. The first-order valence-electron chi connectivity index (χ1n) is 5.19. The molecule has 2 rings (SSSR count). The zero-order valence-corrected chi connectivity index (χ0v) is 8.57. The lowest BCUT2D eigenvalue weighted by molar-refractivity contribution is 0.146. The van der Waals surface area contributed by atoms with E-state index in [1.54, 1.807) is 6.26 Å². The van der Waals surface area contributed by atoms with Crippen molar-refractivity contribution in [3.05, 3.63) is 23.7 Å². The Hall–Kier alpha value is -0.800. The lowest BCUT2D eigenvalue weighted by Crippen LogP contribution is -2.31. The van der Waals surface area contributed by atoms with E-state index in [1.807, 2.05) is 6.07 Å². The smallest absolute Gasteiger partial charge is 0.120 e. The number of nitrogens with zero attached hydrogens (tertiary/aromatic N) is 1. The van der Waals surface area contributed by atoms with Crippen LogP contribution in [-0.4, -0.2) is 29.2 Å². The quantitative estimate of drug-likeness (QED) is 0.795. The predicted molar refractivity (Wildman–Crippen MR) is 54.0 cm³/mol. The summed E-state index contributed by atoms with van der Waals surface area (Å²) in [6, 6.07) is 2.32. The molecular weight excluding hydrogens is 178 g/mol. The maximum atomic E-state index is 9.16. The summed E-state index contributed by atoms with van der Waals surface area (Å²) in [6.07, 6.45) is 4.02. The number of aliphatic hydroxyl groups excluding tert-OH is 1. The van der Waals surface area contributed by atoms with Crippen molar-refractivity contribution >= 4 is 0 Å². The third-order valence-electron chi connectivity index (χ3n) is 3.02. The maximum Gasteiger partial charge on any atom is 0.120 e. The summed E-state index contributed by atoms with van der Waals surface area (Å²) in [7, 11) is 0. The van der Waals surface area contributed by atoms with Gasteiger partial charge in [0.1, 0.15) is 5.76 Å². The third kappa shape index (κ3) is 1.83. The largest absolute Gasteiger partial charge is 0.468 e. The van der Waals surface area contributed by atoms with Crippen LogP contribution in [0.5, 0.6) is 0 Å². The molecule has 0 spiro atoms. The Morgan fingerprint density at radius 1 is 1.64 bits per heavy atom. The van der Waals surface area contributed by atoms with Crippen molar-refractivity contribution in [1.29, 1.82) is 0 Å². The fourth-order valence-electron chi connectivity index (χ4n) is 2.06. The second kappa shape index (κ2) is 4.15. The van der Waals surface area contributed by atoms with E-state index in [0.29, 0.717) is 6.04 Å².